The van der Waals surface area contributed by atoms with Gasteiger partial charge in [0.1, 0.15) is 12.4 Å². The van der Waals surface area contributed by atoms with E-state index in [4.69, 9.17) is 9.47 Å². The standard InChI is InChI=1S/C18H18FN5O3/c1-26-15-8-7-12(9-16(15)27-2)18-21-23-24(22-18)11-17(25)20-10-13-5-3-4-6-14(13)19/h3-9H,10-11H2,1-2H3,(H,20,25). The normalized spacial score (nSPS) is 10.5. The molecule has 27 heavy (non-hydrogen) atoms. The van der Waals surface area contributed by atoms with Gasteiger partial charge in [-0.1, -0.05) is 18.2 Å². The molecular formula is C18H18FN5O3. The number of nitrogens with one attached hydrogen (secondary N) is 1. The third-order valence-corrected chi connectivity index (χ3v) is 3.81. The lowest BCUT2D eigenvalue weighted by molar-refractivity contribution is -0.122. The summed E-state index contributed by atoms with van der Waals surface area (Å²) in [6, 6.07) is 11.5. The van der Waals surface area contributed by atoms with E-state index in [-0.39, 0.29) is 24.8 Å². The molecule has 0 fully saturated rings. The Balaban J connectivity index is 1.64. The minimum Gasteiger partial charge on any atom is -0.493 e. The summed E-state index contributed by atoms with van der Waals surface area (Å²) in [6.07, 6.45) is 0. The molecule has 1 aromatic heterocycles. The molecule has 1 amide bonds. The van der Waals surface area contributed by atoms with Gasteiger partial charge >= 0.3 is 0 Å². The van der Waals surface area contributed by atoms with Gasteiger partial charge < -0.3 is 14.8 Å². The molecule has 0 atom stereocenters. The molecule has 0 saturated heterocycles. The van der Waals surface area contributed by atoms with Gasteiger partial charge in [0.05, 0.1) is 14.2 Å². The van der Waals surface area contributed by atoms with E-state index in [1.54, 1.807) is 43.5 Å². The lowest BCUT2D eigenvalue weighted by atomic mass is 10.2. The molecule has 1 N–H and O–H groups in total. The molecule has 0 aliphatic rings. The number of rotatable bonds is 7. The molecule has 140 valence electrons. The minimum absolute atomic E-state index is 0.0861. The van der Waals surface area contributed by atoms with Crippen molar-refractivity contribution in [1.29, 1.82) is 0 Å². The highest BCUT2D eigenvalue weighted by molar-refractivity contribution is 5.75. The van der Waals surface area contributed by atoms with Crippen LogP contribution in [0.5, 0.6) is 11.5 Å². The second-order valence-corrected chi connectivity index (χ2v) is 5.58. The van der Waals surface area contributed by atoms with Gasteiger partial charge in [-0.25, -0.2) is 4.39 Å². The number of carbonyl (C=O) groups excluding carboxylic acids is 1. The first-order chi connectivity index (χ1) is 13.1. The Morgan fingerprint density at radius 3 is 2.67 bits per heavy atom. The maximum Gasteiger partial charge on any atom is 0.243 e. The van der Waals surface area contributed by atoms with Crippen LogP contribution in [0.1, 0.15) is 5.56 Å². The average Bonchev–Trinajstić information content (AvgIpc) is 3.15. The first kappa shape index (κ1) is 18.3. The summed E-state index contributed by atoms with van der Waals surface area (Å²) in [5.41, 5.74) is 1.08. The van der Waals surface area contributed by atoms with E-state index in [0.29, 0.717) is 28.5 Å². The molecule has 0 bridgehead atoms. The summed E-state index contributed by atoms with van der Waals surface area (Å²) in [7, 11) is 3.08. The summed E-state index contributed by atoms with van der Waals surface area (Å²) in [5.74, 6) is 0.745. The van der Waals surface area contributed by atoms with Crippen molar-refractivity contribution < 1.29 is 18.7 Å². The van der Waals surface area contributed by atoms with Crippen molar-refractivity contribution in [3.05, 3.63) is 53.8 Å². The number of methoxy groups -OCH3 is 2. The molecule has 1 heterocycles. The van der Waals surface area contributed by atoms with Crippen LogP contribution in [0.3, 0.4) is 0 Å². The molecule has 2 aromatic carbocycles. The van der Waals surface area contributed by atoms with E-state index in [0.717, 1.165) is 0 Å². The summed E-state index contributed by atoms with van der Waals surface area (Å²) in [5, 5.41) is 14.6. The van der Waals surface area contributed by atoms with Gasteiger partial charge in [-0.2, -0.15) is 4.80 Å². The smallest absolute Gasteiger partial charge is 0.243 e. The van der Waals surface area contributed by atoms with Crippen LogP contribution in [0.25, 0.3) is 11.4 Å². The van der Waals surface area contributed by atoms with Crippen molar-refractivity contribution in [3.63, 3.8) is 0 Å². The third-order valence-electron chi connectivity index (χ3n) is 3.81. The topological polar surface area (TPSA) is 91.2 Å². The van der Waals surface area contributed by atoms with Gasteiger partial charge in [-0.3, -0.25) is 4.79 Å². The fraction of sp³-hybridized carbons (Fsp3) is 0.222. The van der Waals surface area contributed by atoms with E-state index in [2.05, 4.69) is 20.7 Å². The van der Waals surface area contributed by atoms with Gasteiger partial charge in [0, 0.05) is 17.7 Å². The number of carbonyl (C=O) groups is 1. The zero-order valence-corrected chi connectivity index (χ0v) is 14.8. The van der Waals surface area contributed by atoms with Crippen LogP contribution in [0.4, 0.5) is 4.39 Å². The molecule has 9 heteroatoms. The second-order valence-electron chi connectivity index (χ2n) is 5.58. The number of hydrogen-bond donors (Lipinski definition) is 1. The Morgan fingerprint density at radius 1 is 1.15 bits per heavy atom. The maximum atomic E-state index is 13.6. The molecule has 0 saturated carbocycles. The first-order valence-corrected chi connectivity index (χ1v) is 8.11. The van der Waals surface area contributed by atoms with Gasteiger partial charge in [0.15, 0.2) is 11.5 Å². The van der Waals surface area contributed by atoms with Crippen LogP contribution >= 0.6 is 0 Å². The largest absolute Gasteiger partial charge is 0.493 e. The molecule has 0 spiro atoms. The number of tetrazole rings is 1. The van der Waals surface area contributed by atoms with E-state index in [1.165, 1.54) is 18.0 Å². The van der Waals surface area contributed by atoms with Gasteiger partial charge in [0.2, 0.25) is 11.7 Å². The van der Waals surface area contributed by atoms with E-state index < -0.39 is 0 Å². The predicted molar refractivity (Wildman–Crippen MR) is 94.6 cm³/mol. The van der Waals surface area contributed by atoms with E-state index in [9.17, 15) is 9.18 Å². The summed E-state index contributed by atoms with van der Waals surface area (Å²) in [4.78, 5) is 13.2. The maximum absolute atomic E-state index is 13.6. The van der Waals surface area contributed by atoms with Crippen LogP contribution in [0.15, 0.2) is 42.5 Å². The van der Waals surface area contributed by atoms with Crippen molar-refractivity contribution >= 4 is 5.91 Å². The molecule has 0 radical (unpaired) electrons. The molecule has 3 aromatic rings. The summed E-state index contributed by atoms with van der Waals surface area (Å²) in [6.45, 7) is -0.0442. The Kier molecular flexibility index (Phi) is 5.60. The number of aromatic nitrogens is 4. The van der Waals surface area contributed by atoms with Crippen molar-refractivity contribution in [2.75, 3.05) is 14.2 Å². The van der Waals surface area contributed by atoms with Crippen LogP contribution in [0.2, 0.25) is 0 Å². The third kappa shape index (κ3) is 4.38. The van der Waals surface area contributed by atoms with Crippen LogP contribution in [0, 0.1) is 5.82 Å². The zero-order valence-electron chi connectivity index (χ0n) is 14.8. The van der Waals surface area contributed by atoms with E-state index in [1.807, 2.05) is 0 Å². The highest BCUT2D eigenvalue weighted by atomic mass is 19.1. The summed E-state index contributed by atoms with van der Waals surface area (Å²) < 4.78 is 24.0. The van der Waals surface area contributed by atoms with Crippen LogP contribution < -0.4 is 14.8 Å². The quantitative estimate of drug-likeness (QED) is 0.681. The molecule has 3 rings (SSSR count). The van der Waals surface area contributed by atoms with Crippen molar-refractivity contribution in [3.8, 4) is 22.9 Å². The minimum atomic E-state index is -0.368. The molecule has 0 aliphatic heterocycles. The lowest BCUT2D eigenvalue weighted by Crippen LogP contribution is -2.28. The summed E-state index contributed by atoms with van der Waals surface area (Å²) >= 11 is 0. The van der Waals surface area contributed by atoms with Gasteiger partial charge in [-0.15, -0.1) is 10.2 Å². The number of benzene rings is 2. The van der Waals surface area contributed by atoms with E-state index >= 15 is 0 Å². The Morgan fingerprint density at radius 2 is 1.93 bits per heavy atom. The predicted octanol–water partition coefficient (Wildman–Crippen LogP) is 1.81. The fourth-order valence-electron chi connectivity index (χ4n) is 2.42. The molecular weight excluding hydrogens is 353 g/mol. The SMILES string of the molecule is COc1ccc(-c2nnn(CC(=O)NCc3ccccc3F)n2)cc1OC. The monoisotopic (exact) mass is 371 g/mol. The second kappa shape index (κ2) is 8.26. The van der Waals surface area contributed by atoms with Gasteiger partial charge in [0.25, 0.3) is 0 Å². The number of nitrogens with zero attached hydrogens (tertiary/aromatic N) is 4. The Labute approximate surface area is 154 Å². The number of ether oxygens (including phenoxy) is 2. The molecule has 0 unspecified atom stereocenters. The molecule has 8 nitrogen and oxygen atoms in total. The van der Waals surface area contributed by atoms with Crippen molar-refractivity contribution in [2.45, 2.75) is 13.1 Å². The van der Waals surface area contributed by atoms with Crippen molar-refractivity contribution in [2.24, 2.45) is 0 Å². The zero-order chi connectivity index (χ0) is 19.2. The highest BCUT2D eigenvalue weighted by Gasteiger charge is 2.12. The van der Waals surface area contributed by atoms with Crippen molar-refractivity contribution in [1.82, 2.24) is 25.5 Å². The first-order valence-electron chi connectivity index (χ1n) is 8.11. The highest BCUT2D eigenvalue weighted by Crippen LogP contribution is 2.30. The van der Waals surface area contributed by atoms with Crippen LogP contribution in [-0.2, 0) is 17.9 Å². The number of halogens is 1. The Bertz CT molecular complexity index is 944. The number of amides is 1. The lowest BCUT2D eigenvalue weighted by Gasteiger charge is -2.07. The molecule has 0 aliphatic carbocycles. The average molecular weight is 371 g/mol. The van der Waals surface area contributed by atoms with Gasteiger partial charge in [-0.05, 0) is 29.5 Å². The number of hydrogen-bond acceptors (Lipinski definition) is 6. The Hall–Kier alpha value is -3.49. The fourth-order valence-corrected chi connectivity index (χ4v) is 2.42. The van der Waals surface area contributed by atoms with Crippen LogP contribution in [-0.4, -0.2) is 40.3 Å².